The maximum atomic E-state index is 8.65. The Morgan fingerprint density at radius 3 is 2.64 bits per heavy atom. The van der Waals surface area contributed by atoms with Crippen LogP contribution in [0.1, 0.15) is 26.2 Å². The summed E-state index contributed by atoms with van der Waals surface area (Å²) < 4.78 is 5.14. The molecule has 0 radical (unpaired) electrons. The summed E-state index contributed by atoms with van der Waals surface area (Å²) >= 11 is 0. The van der Waals surface area contributed by atoms with Crippen molar-refractivity contribution in [1.82, 2.24) is 0 Å². The third-order valence-electron chi connectivity index (χ3n) is 2.59. The number of aliphatic hydroxyl groups is 1. The summed E-state index contributed by atoms with van der Waals surface area (Å²) in [4.78, 5) is 0. The topological polar surface area (TPSA) is 29.5 Å². The average molecular weight is 158 g/mol. The van der Waals surface area contributed by atoms with Gasteiger partial charge in [0.05, 0.1) is 13.2 Å². The smallest absolute Gasteiger partial charge is 0.0519 e. The van der Waals surface area contributed by atoms with Crippen molar-refractivity contribution in [1.29, 1.82) is 0 Å². The van der Waals surface area contributed by atoms with E-state index in [2.05, 4.69) is 6.92 Å². The van der Waals surface area contributed by atoms with Crippen LogP contribution in [0.4, 0.5) is 0 Å². The molecule has 1 fully saturated rings. The first-order valence-corrected chi connectivity index (χ1v) is 4.57. The predicted octanol–water partition coefficient (Wildman–Crippen LogP) is 1.43. The van der Waals surface area contributed by atoms with E-state index in [9.17, 15) is 0 Å². The van der Waals surface area contributed by atoms with Gasteiger partial charge in [0.15, 0.2) is 0 Å². The normalized spacial score (nSPS) is 21.3. The van der Waals surface area contributed by atoms with E-state index >= 15 is 0 Å². The lowest BCUT2D eigenvalue weighted by molar-refractivity contribution is -0.0638. The van der Waals surface area contributed by atoms with Crippen LogP contribution in [0.25, 0.3) is 0 Å². The molecule has 2 nitrogen and oxygen atoms in total. The first-order chi connectivity index (χ1) is 5.38. The van der Waals surface area contributed by atoms with Crippen LogP contribution in [0, 0.1) is 11.8 Å². The van der Waals surface area contributed by atoms with Gasteiger partial charge in [0.1, 0.15) is 0 Å². The van der Waals surface area contributed by atoms with Gasteiger partial charge in [-0.3, -0.25) is 0 Å². The van der Waals surface area contributed by atoms with E-state index in [-0.39, 0.29) is 0 Å². The Bertz CT molecular complexity index is 99.7. The summed E-state index contributed by atoms with van der Waals surface area (Å²) in [5.74, 6) is 1.57. The molecule has 0 bridgehead atoms. The van der Waals surface area contributed by atoms with E-state index in [1.807, 2.05) is 0 Å². The molecule has 1 saturated heterocycles. The van der Waals surface area contributed by atoms with Gasteiger partial charge >= 0.3 is 0 Å². The Hall–Kier alpha value is -0.0800. The Labute approximate surface area is 68.6 Å². The highest BCUT2D eigenvalue weighted by Gasteiger charge is 2.26. The van der Waals surface area contributed by atoms with Gasteiger partial charge in [-0.05, 0) is 18.8 Å². The standard InChI is InChI=1S/C9H18O2/c1-2-8(4-3-5-10)9-6-11-7-9/h8-10H,2-7H2,1H3. The van der Waals surface area contributed by atoms with Gasteiger partial charge in [0.25, 0.3) is 0 Å². The van der Waals surface area contributed by atoms with Crippen LogP contribution in [-0.4, -0.2) is 24.9 Å². The molecule has 1 N–H and O–H groups in total. The van der Waals surface area contributed by atoms with Crippen LogP contribution in [0.5, 0.6) is 0 Å². The quantitative estimate of drug-likeness (QED) is 0.656. The summed E-state index contributed by atoms with van der Waals surface area (Å²) in [7, 11) is 0. The highest BCUT2D eigenvalue weighted by atomic mass is 16.5. The molecule has 66 valence electrons. The van der Waals surface area contributed by atoms with Crippen molar-refractivity contribution in [2.75, 3.05) is 19.8 Å². The maximum absolute atomic E-state index is 8.65. The highest BCUT2D eigenvalue weighted by Crippen LogP contribution is 2.27. The van der Waals surface area contributed by atoms with E-state index in [0.717, 1.165) is 31.5 Å². The molecule has 0 aromatic carbocycles. The SMILES string of the molecule is CCC(CCCO)C1COC1. The summed E-state index contributed by atoms with van der Waals surface area (Å²) in [5, 5.41) is 8.65. The third kappa shape index (κ3) is 2.46. The van der Waals surface area contributed by atoms with Crippen molar-refractivity contribution in [3.05, 3.63) is 0 Å². The number of hydrogen-bond donors (Lipinski definition) is 1. The third-order valence-corrected chi connectivity index (χ3v) is 2.59. The van der Waals surface area contributed by atoms with E-state index < -0.39 is 0 Å². The second-order valence-corrected chi connectivity index (χ2v) is 3.33. The first kappa shape index (κ1) is 9.01. The molecule has 0 amide bonds. The molecule has 0 aromatic heterocycles. The van der Waals surface area contributed by atoms with Crippen LogP contribution in [0.15, 0.2) is 0 Å². The summed E-state index contributed by atoms with van der Waals surface area (Å²) in [6.45, 7) is 4.46. The van der Waals surface area contributed by atoms with E-state index in [0.29, 0.717) is 6.61 Å². The number of rotatable bonds is 5. The largest absolute Gasteiger partial charge is 0.396 e. The van der Waals surface area contributed by atoms with E-state index in [1.54, 1.807) is 0 Å². The van der Waals surface area contributed by atoms with Crippen molar-refractivity contribution < 1.29 is 9.84 Å². The van der Waals surface area contributed by atoms with Gasteiger partial charge in [0.2, 0.25) is 0 Å². The van der Waals surface area contributed by atoms with Gasteiger partial charge in [-0.25, -0.2) is 0 Å². The lowest BCUT2D eigenvalue weighted by Crippen LogP contribution is -2.34. The van der Waals surface area contributed by atoms with Crippen molar-refractivity contribution in [2.45, 2.75) is 26.2 Å². The zero-order valence-corrected chi connectivity index (χ0v) is 7.25. The van der Waals surface area contributed by atoms with Gasteiger partial charge < -0.3 is 9.84 Å². The van der Waals surface area contributed by atoms with E-state index in [1.165, 1.54) is 12.8 Å². The average Bonchev–Trinajstić information content (AvgIpc) is 1.93. The Kier molecular flexibility index (Phi) is 3.87. The van der Waals surface area contributed by atoms with Gasteiger partial charge in [-0.15, -0.1) is 0 Å². The second-order valence-electron chi connectivity index (χ2n) is 3.33. The summed E-state index contributed by atoms with van der Waals surface area (Å²) in [5.41, 5.74) is 0. The zero-order valence-electron chi connectivity index (χ0n) is 7.25. The molecular formula is C9H18O2. The molecule has 1 rings (SSSR count). The van der Waals surface area contributed by atoms with Crippen molar-refractivity contribution in [2.24, 2.45) is 11.8 Å². The molecule has 1 heterocycles. The predicted molar refractivity (Wildman–Crippen MR) is 44.4 cm³/mol. The lowest BCUT2D eigenvalue weighted by atomic mass is 9.85. The fourth-order valence-corrected chi connectivity index (χ4v) is 1.65. The minimum absolute atomic E-state index is 0.337. The van der Waals surface area contributed by atoms with Crippen LogP contribution in [-0.2, 0) is 4.74 Å². The zero-order chi connectivity index (χ0) is 8.10. The Morgan fingerprint density at radius 1 is 1.55 bits per heavy atom. The van der Waals surface area contributed by atoms with Gasteiger partial charge in [-0.2, -0.15) is 0 Å². The number of ether oxygens (including phenoxy) is 1. The number of hydrogen-bond acceptors (Lipinski definition) is 2. The molecule has 1 aliphatic rings. The molecule has 2 heteroatoms. The molecular weight excluding hydrogens is 140 g/mol. The Balaban J connectivity index is 2.13. The van der Waals surface area contributed by atoms with Crippen LogP contribution in [0.2, 0.25) is 0 Å². The van der Waals surface area contributed by atoms with Crippen molar-refractivity contribution in [3.8, 4) is 0 Å². The number of aliphatic hydroxyl groups excluding tert-OH is 1. The molecule has 0 saturated carbocycles. The molecule has 1 unspecified atom stereocenters. The summed E-state index contributed by atoms with van der Waals surface area (Å²) in [6.07, 6.45) is 3.35. The van der Waals surface area contributed by atoms with Crippen LogP contribution < -0.4 is 0 Å². The molecule has 1 atom stereocenters. The minimum atomic E-state index is 0.337. The Morgan fingerprint density at radius 2 is 2.27 bits per heavy atom. The minimum Gasteiger partial charge on any atom is -0.396 e. The van der Waals surface area contributed by atoms with Crippen LogP contribution >= 0.6 is 0 Å². The van der Waals surface area contributed by atoms with Crippen molar-refractivity contribution >= 4 is 0 Å². The fraction of sp³-hybridized carbons (Fsp3) is 1.00. The van der Waals surface area contributed by atoms with E-state index in [4.69, 9.17) is 9.84 Å². The second kappa shape index (κ2) is 4.73. The monoisotopic (exact) mass is 158 g/mol. The highest BCUT2D eigenvalue weighted by molar-refractivity contribution is 4.73. The maximum Gasteiger partial charge on any atom is 0.0519 e. The first-order valence-electron chi connectivity index (χ1n) is 4.57. The molecule has 0 spiro atoms. The summed E-state index contributed by atoms with van der Waals surface area (Å²) in [6, 6.07) is 0. The van der Waals surface area contributed by atoms with Crippen molar-refractivity contribution in [3.63, 3.8) is 0 Å². The molecule has 0 aromatic rings. The van der Waals surface area contributed by atoms with Gasteiger partial charge in [0, 0.05) is 12.5 Å². The molecule has 0 aliphatic carbocycles. The fourth-order valence-electron chi connectivity index (χ4n) is 1.65. The molecule has 11 heavy (non-hydrogen) atoms. The van der Waals surface area contributed by atoms with Gasteiger partial charge in [-0.1, -0.05) is 13.3 Å². The molecule has 1 aliphatic heterocycles. The lowest BCUT2D eigenvalue weighted by Gasteiger charge is -2.33. The van der Waals surface area contributed by atoms with Crippen LogP contribution in [0.3, 0.4) is 0 Å².